The van der Waals surface area contributed by atoms with E-state index in [1.165, 1.54) is 0 Å². The number of nitrogen functional groups attached to an aromatic ring is 1. The molecule has 3 N–H and O–H groups in total. The minimum absolute atomic E-state index is 0.0332. The molecule has 0 aromatic carbocycles. The second-order valence-electron chi connectivity index (χ2n) is 5.53. The van der Waals surface area contributed by atoms with E-state index < -0.39 is 6.10 Å². The van der Waals surface area contributed by atoms with Crippen molar-refractivity contribution in [3.05, 3.63) is 24.2 Å². The van der Waals surface area contributed by atoms with Gasteiger partial charge in [-0.3, -0.25) is 0 Å². The Labute approximate surface area is 133 Å². The Bertz CT molecular complexity index is 900. The van der Waals surface area contributed by atoms with Gasteiger partial charge in [0.05, 0.1) is 6.26 Å². The fourth-order valence-corrected chi connectivity index (χ4v) is 2.07. The van der Waals surface area contributed by atoms with Crippen molar-refractivity contribution in [2.24, 2.45) is 13.0 Å². The summed E-state index contributed by atoms with van der Waals surface area (Å²) in [5.41, 5.74) is 7.03. The molecule has 0 aliphatic carbocycles. The van der Waals surface area contributed by atoms with Crippen LogP contribution in [-0.4, -0.2) is 30.7 Å². The molecule has 0 aliphatic rings. The summed E-state index contributed by atoms with van der Waals surface area (Å²) < 4.78 is 7.15. The van der Waals surface area contributed by atoms with E-state index in [4.69, 9.17) is 10.2 Å². The van der Waals surface area contributed by atoms with Gasteiger partial charge in [0, 0.05) is 7.05 Å². The summed E-state index contributed by atoms with van der Waals surface area (Å²) in [4.78, 5) is 13.0. The molecule has 0 fully saturated rings. The smallest absolute Gasteiger partial charge is 0.209 e. The number of aryl methyl sites for hydroxylation is 1. The summed E-state index contributed by atoms with van der Waals surface area (Å²) >= 11 is 0. The second kappa shape index (κ2) is 5.74. The Kier molecular flexibility index (Phi) is 3.76. The molecular weight excluding hydrogens is 294 g/mol. The number of fused-ring (bicyclic) bond motifs is 1. The van der Waals surface area contributed by atoms with Gasteiger partial charge in [0.25, 0.3) is 0 Å². The lowest BCUT2D eigenvalue weighted by Gasteiger charge is -2.05. The third kappa shape index (κ3) is 2.76. The van der Waals surface area contributed by atoms with Crippen molar-refractivity contribution in [2.45, 2.75) is 20.0 Å². The Morgan fingerprint density at radius 1 is 1.30 bits per heavy atom. The highest BCUT2D eigenvalue weighted by atomic mass is 16.3. The fraction of sp³-hybridized carbons (Fsp3) is 0.312. The van der Waals surface area contributed by atoms with Gasteiger partial charge in [0.1, 0.15) is 6.10 Å². The van der Waals surface area contributed by atoms with Crippen molar-refractivity contribution in [1.29, 1.82) is 0 Å². The molecule has 3 aromatic rings. The molecule has 0 aliphatic heterocycles. The lowest BCUT2D eigenvalue weighted by Crippen LogP contribution is -2.11. The number of anilines is 1. The average Bonchev–Trinajstić information content (AvgIpc) is 3.13. The number of aliphatic hydroxyl groups is 1. The summed E-state index contributed by atoms with van der Waals surface area (Å²) in [6.45, 7) is 3.77. The van der Waals surface area contributed by atoms with Crippen molar-refractivity contribution in [2.75, 3.05) is 5.73 Å². The van der Waals surface area contributed by atoms with E-state index in [1.54, 1.807) is 16.9 Å². The monoisotopic (exact) mass is 311 g/mol. The number of aromatic nitrogens is 4. The van der Waals surface area contributed by atoms with Crippen molar-refractivity contribution in [3.63, 3.8) is 0 Å². The van der Waals surface area contributed by atoms with Crippen LogP contribution in [0.4, 0.5) is 5.82 Å². The van der Waals surface area contributed by atoms with Crippen molar-refractivity contribution >= 4 is 17.0 Å². The standard InChI is InChI=1S/C16H17N5O2/c1-9(2)10(22)6-7-12-18-14(17)13-16(19-12)21(3)15(20-13)11-5-4-8-23-11/h4-5,8-10,22H,1-3H3,(H2,17,18,19). The SMILES string of the molecule is CC(C)C(O)C#Cc1nc(N)c2nc(-c3ccco3)n(C)c2n1. The van der Waals surface area contributed by atoms with Crippen molar-refractivity contribution in [3.8, 4) is 23.4 Å². The van der Waals surface area contributed by atoms with Crippen LogP contribution in [0, 0.1) is 17.8 Å². The van der Waals surface area contributed by atoms with E-state index in [1.807, 2.05) is 27.0 Å². The number of nitrogens with zero attached hydrogens (tertiary/aromatic N) is 4. The van der Waals surface area contributed by atoms with E-state index in [2.05, 4.69) is 26.8 Å². The zero-order valence-electron chi connectivity index (χ0n) is 13.1. The summed E-state index contributed by atoms with van der Waals surface area (Å²) in [7, 11) is 1.82. The molecule has 0 saturated heterocycles. The highest BCUT2D eigenvalue weighted by molar-refractivity contribution is 5.85. The zero-order chi connectivity index (χ0) is 16.6. The first-order valence-corrected chi connectivity index (χ1v) is 7.20. The Morgan fingerprint density at radius 3 is 2.74 bits per heavy atom. The van der Waals surface area contributed by atoms with Crippen LogP contribution in [0.15, 0.2) is 22.8 Å². The number of aliphatic hydroxyl groups excluding tert-OH is 1. The van der Waals surface area contributed by atoms with Crippen LogP contribution in [-0.2, 0) is 7.05 Å². The summed E-state index contributed by atoms with van der Waals surface area (Å²) in [6.07, 6.45) is 0.842. The third-order valence-corrected chi connectivity index (χ3v) is 3.45. The Hall–Kier alpha value is -2.85. The van der Waals surface area contributed by atoms with Crippen LogP contribution in [0.1, 0.15) is 19.7 Å². The molecule has 0 bridgehead atoms. The fourth-order valence-electron chi connectivity index (χ4n) is 2.07. The molecule has 0 radical (unpaired) electrons. The molecular formula is C16H17N5O2. The van der Waals surface area contributed by atoms with Crippen LogP contribution in [0.3, 0.4) is 0 Å². The highest BCUT2D eigenvalue weighted by Crippen LogP contribution is 2.25. The average molecular weight is 311 g/mol. The predicted octanol–water partition coefficient (Wildman–Crippen LogP) is 1.57. The molecule has 0 saturated carbocycles. The van der Waals surface area contributed by atoms with Gasteiger partial charge in [0.15, 0.2) is 28.6 Å². The second-order valence-corrected chi connectivity index (χ2v) is 5.53. The molecule has 23 heavy (non-hydrogen) atoms. The molecule has 1 atom stereocenters. The van der Waals surface area contributed by atoms with Crippen LogP contribution in [0.5, 0.6) is 0 Å². The predicted molar refractivity (Wildman–Crippen MR) is 86.1 cm³/mol. The van der Waals surface area contributed by atoms with Crippen molar-refractivity contribution < 1.29 is 9.52 Å². The van der Waals surface area contributed by atoms with Crippen LogP contribution in [0.25, 0.3) is 22.7 Å². The van der Waals surface area contributed by atoms with Gasteiger partial charge in [-0.25, -0.2) is 15.0 Å². The van der Waals surface area contributed by atoms with E-state index in [-0.39, 0.29) is 17.6 Å². The number of furan rings is 1. The topological polar surface area (TPSA) is 103 Å². The maximum Gasteiger partial charge on any atom is 0.209 e. The number of nitrogens with two attached hydrogens (primary N) is 1. The van der Waals surface area contributed by atoms with E-state index in [0.29, 0.717) is 22.7 Å². The summed E-state index contributed by atoms with van der Waals surface area (Å²) in [5.74, 6) is 7.24. The van der Waals surface area contributed by atoms with Gasteiger partial charge < -0.3 is 19.8 Å². The Morgan fingerprint density at radius 2 is 2.09 bits per heavy atom. The molecule has 7 heteroatoms. The number of hydrogen-bond donors (Lipinski definition) is 2. The maximum atomic E-state index is 9.76. The first kappa shape index (κ1) is 15.1. The van der Waals surface area contributed by atoms with E-state index in [0.717, 1.165) is 0 Å². The lowest BCUT2D eigenvalue weighted by molar-refractivity contribution is 0.181. The first-order valence-electron chi connectivity index (χ1n) is 7.20. The van der Waals surface area contributed by atoms with E-state index >= 15 is 0 Å². The van der Waals surface area contributed by atoms with Gasteiger partial charge in [0.2, 0.25) is 5.82 Å². The number of hydrogen-bond acceptors (Lipinski definition) is 6. The van der Waals surface area contributed by atoms with Gasteiger partial charge >= 0.3 is 0 Å². The molecule has 0 spiro atoms. The Balaban J connectivity index is 2.10. The lowest BCUT2D eigenvalue weighted by atomic mass is 10.1. The van der Waals surface area contributed by atoms with Gasteiger partial charge in [-0.2, -0.15) is 0 Å². The van der Waals surface area contributed by atoms with Crippen molar-refractivity contribution in [1.82, 2.24) is 19.5 Å². The summed E-state index contributed by atoms with van der Waals surface area (Å²) in [5, 5.41) is 9.76. The zero-order valence-corrected chi connectivity index (χ0v) is 13.1. The maximum absolute atomic E-state index is 9.76. The highest BCUT2D eigenvalue weighted by Gasteiger charge is 2.16. The normalized spacial score (nSPS) is 12.4. The molecule has 7 nitrogen and oxygen atoms in total. The first-order chi connectivity index (χ1) is 11.0. The number of rotatable bonds is 2. The van der Waals surface area contributed by atoms with Crippen LogP contribution < -0.4 is 5.73 Å². The molecule has 1 unspecified atom stereocenters. The molecule has 3 heterocycles. The van der Waals surface area contributed by atoms with Crippen LogP contribution in [0.2, 0.25) is 0 Å². The molecule has 118 valence electrons. The third-order valence-electron chi connectivity index (χ3n) is 3.45. The minimum atomic E-state index is -0.735. The quantitative estimate of drug-likeness (QED) is 0.696. The van der Waals surface area contributed by atoms with E-state index in [9.17, 15) is 5.11 Å². The molecule has 3 rings (SSSR count). The van der Waals surface area contributed by atoms with Gasteiger partial charge in [-0.15, -0.1) is 0 Å². The summed E-state index contributed by atoms with van der Waals surface area (Å²) in [6, 6.07) is 3.60. The van der Waals surface area contributed by atoms with Gasteiger partial charge in [-0.05, 0) is 24.0 Å². The number of imidazole rings is 1. The molecule has 3 aromatic heterocycles. The largest absolute Gasteiger partial charge is 0.461 e. The molecule has 0 amide bonds. The van der Waals surface area contributed by atoms with Crippen LogP contribution >= 0.6 is 0 Å². The minimum Gasteiger partial charge on any atom is -0.461 e. The van der Waals surface area contributed by atoms with Gasteiger partial charge in [-0.1, -0.05) is 19.8 Å².